The molecule has 0 aliphatic carbocycles. The number of nitrogens with zero attached hydrogens (tertiary/aromatic N) is 2. The van der Waals surface area contributed by atoms with Gasteiger partial charge in [0.1, 0.15) is 0 Å². The van der Waals surface area contributed by atoms with Gasteiger partial charge in [-0.3, -0.25) is 0 Å². The van der Waals surface area contributed by atoms with E-state index in [1.54, 1.807) is 0 Å². The lowest BCUT2D eigenvalue weighted by Crippen LogP contribution is -2.28. The summed E-state index contributed by atoms with van der Waals surface area (Å²) in [5.41, 5.74) is 0. The molecule has 2 aliphatic rings. The van der Waals surface area contributed by atoms with Crippen molar-refractivity contribution in [2.75, 3.05) is 39.3 Å². The number of likely N-dealkylation sites (tertiary alicyclic amines) is 2. The van der Waals surface area contributed by atoms with Crippen LogP contribution in [0.1, 0.15) is 51.9 Å². The van der Waals surface area contributed by atoms with Gasteiger partial charge in [0.05, 0.1) is 0 Å². The zero-order valence-electron chi connectivity index (χ0n) is 11.7. The van der Waals surface area contributed by atoms with Crippen LogP contribution in [0.3, 0.4) is 0 Å². The van der Waals surface area contributed by atoms with Crippen LogP contribution in [-0.2, 0) is 0 Å². The predicted octanol–water partition coefficient (Wildman–Crippen LogP) is 2.98. The Kier molecular flexibility index (Phi) is 5.79. The van der Waals surface area contributed by atoms with E-state index in [2.05, 4.69) is 16.7 Å². The highest BCUT2D eigenvalue weighted by Crippen LogP contribution is 2.20. The van der Waals surface area contributed by atoms with Gasteiger partial charge in [0.2, 0.25) is 0 Å². The summed E-state index contributed by atoms with van der Waals surface area (Å²) in [5.74, 6) is 0.991. The zero-order valence-corrected chi connectivity index (χ0v) is 11.7. The van der Waals surface area contributed by atoms with Gasteiger partial charge in [-0.25, -0.2) is 0 Å². The monoisotopic (exact) mass is 238 g/mol. The zero-order chi connectivity index (χ0) is 11.9. The molecule has 2 aliphatic heterocycles. The normalized spacial score (nSPS) is 28.4. The molecule has 2 nitrogen and oxygen atoms in total. The molecule has 0 radical (unpaired) electrons. The highest BCUT2D eigenvalue weighted by Gasteiger charge is 2.22. The van der Waals surface area contributed by atoms with Gasteiger partial charge in [0.25, 0.3) is 0 Å². The van der Waals surface area contributed by atoms with Crippen molar-refractivity contribution < 1.29 is 0 Å². The molecule has 2 heteroatoms. The molecule has 17 heavy (non-hydrogen) atoms. The van der Waals surface area contributed by atoms with Gasteiger partial charge in [-0.1, -0.05) is 19.8 Å². The maximum Gasteiger partial charge on any atom is 0.00106 e. The van der Waals surface area contributed by atoms with Crippen LogP contribution in [0.4, 0.5) is 0 Å². The Balaban J connectivity index is 1.61. The summed E-state index contributed by atoms with van der Waals surface area (Å²) >= 11 is 0. The molecule has 100 valence electrons. The molecule has 2 fully saturated rings. The van der Waals surface area contributed by atoms with Crippen LogP contribution in [0.15, 0.2) is 0 Å². The van der Waals surface area contributed by atoms with Crippen molar-refractivity contribution in [2.24, 2.45) is 5.92 Å². The standard InChI is InChI=1S/C15H30N2/c1-2-9-17-13-8-15(14-17)7-12-16-10-5-3-4-6-11-16/h15H,2-14H2,1H3. The third kappa shape index (κ3) is 4.59. The summed E-state index contributed by atoms with van der Waals surface area (Å²) in [4.78, 5) is 5.38. The Morgan fingerprint density at radius 1 is 0.882 bits per heavy atom. The molecule has 1 atom stereocenters. The van der Waals surface area contributed by atoms with E-state index in [0.717, 1.165) is 5.92 Å². The third-order valence-corrected chi connectivity index (χ3v) is 4.46. The van der Waals surface area contributed by atoms with Gasteiger partial charge >= 0.3 is 0 Å². The fourth-order valence-electron chi connectivity index (χ4n) is 3.39. The van der Waals surface area contributed by atoms with E-state index in [4.69, 9.17) is 0 Å². The van der Waals surface area contributed by atoms with Gasteiger partial charge < -0.3 is 9.80 Å². The summed E-state index contributed by atoms with van der Waals surface area (Å²) in [6, 6.07) is 0. The number of hydrogen-bond donors (Lipinski definition) is 0. The predicted molar refractivity (Wildman–Crippen MR) is 74.4 cm³/mol. The van der Waals surface area contributed by atoms with Crippen molar-refractivity contribution in [1.29, 1.82) is 0 Å². The number of rotatable bonds is 5. The van der Waals surface area contributed by atoms with E-state index in [0.29, 0.717) is 0 Å². The average molecular weight is 238 g/mol. The van der Waals surface area contributed by atoms with Gasteiger partial charge in [0.15, 0.2) is 0 Å². The lowest BCUT2D eigenvalue weighted by Gasteiger charge is -2.22. The van der Waals surface area contributed by atoms with Gasteiger partial charge in [-0.15, -0.1) is 0 Å². The Labute approximate surface area is 107 Å². The second-order valence-electron chi connectivity index (χ2n) is 6.00. The van der Waals surface area contributed by atoms with Crippen LogP contribution in [-0.4, -0.2) is 49.1 Å². The Bertz CT molecular complexity index is 197. The molecule has 2 saturated heterocycles. The lowest BCUT2D eigenvalue weighted by atomic mass is 10.0. The molecule has 0 aromatic carbocycles. The summed E-state index contributed by atoms with van der Waals surface area (Å²) in [6.07, 6.45) is 10.0. The molecular weight excluding hydrogens is 208 g/mol. The molecule has 1 unspecified atom stereocenters. The minimum atomic E-state index is 0.991. The Morgan fingerprint density at radius 3 is 2.35 bits per heavy atom. The van der Waals surface area contributed by atoms with Crippen molar-refractivity contribution in [3.8, 4) is 0 Å². The molecule has 0 aromatic heterocycles. The van der Waals surface area contributed by atoms with Crippen molar-refractivity contribution >= 4 is 0 Å². The van der Waals surface area contributed by atoms with E-state index in [1.165, 1.54) is 84.2 Å². The summed E-state index contributed by atoms with van der Waals surface area (Å²) in [7, 11) is 0. The van der Waals surface area contributed by atoms with Crippen LogP contribution >= 0.6 is 0 Å². The first kappa shape index (κ1) is 13.4. The van der Waals surface area contributed by atoms with E-state index in [9.17, 15) is 0 Å². The average Bonchev–Trinajstić information content (AvgIpc) is 2.63. The Hall–Kier alpha value is -0.0800. The summed E-state index contributed by atoms with van der Waals surface area (Å²) in [5, 5.41) is 0. The third-order valence-electron chi connectivity index (χ3n) is 4.46. The molecule has 0 N–H and O–H groups in total. The van der Waals surface area contributed by atoms with Crippen LogP contribution in [0, 0.1) is 5.92 Å². The summed E-state index contributed by atoms with van der Waals surface area (Å²) < 4.78 is 0. The van der Waals surface area contributed by atoms with Crippen molar-refractivity contribution in [1.82, 2.24) is 9.80 Å². The minimum absolute atomic E-state index is 0.991. The molecule has 0 bridgehead atoms. The van der Waals surface area contributed by atoms with Crippen LogP contribution in [0.25, 0.3) is 0 Å². The van der Waals surface area contributed by atoms with E-state index >= 15 is 0 Å². The highest BCUT2D eigenvalue weighted by molar-refractivity contribution is 4.76. The van der Waals surface area contributed by atoms with Crippen molar-refractivity contribution in [3.63, 3.8) is 0 Å². The summed E-state index contributed by atoms with van der Waals surface area (Å²) in [6.45, 7) is 10.5. The molecule has 0 amide bonds. The van der Waals surface area contributed by atoms with Gasteiger partial charge in [-0.05, 0) is 70.7 Å². The molecule has 2 rings (SSSR count). The van der Waals surface area contributed by atoms with Crippen LogP contribution < -0.4 is 0 Å². The minimum Gasteiger partial charge on any atom is -0.303 e. The van der Waals surface area contributed by atoms with E-state index < -0.39 is 0 Å². The molecule has 0 aromatic rings. The second kappa shape index (κ2) is 7.38. The smallest absolute Gasteiger partial charge is 0.00106 e. The first-order chi connectivity index (χ1) is 8.38. The topological polar surface area (TPSA) is 6.48 Å². The molecular formula is C15H30N2. The highest BCUT2D eigenvalue weighted by atomic mass is 15.1. The van der Waals surface area contributed by atoms with E-state index in [1.807, 2.05) is 0 Å². The van der Waals surface area contributed by atoms with Crippen molar-refractivity contribution in [2.45, 2.75) is 51.9 Å². The first-order valence-corrected chi connectivity index (χ1v) is 7.83. The van der Waals surface area contributed by atoms with Crippen molar-refractivity contribution in [3.05, 3.63) is 0 Å². The van der Waals surface area contributed by atoms with Crippen LogP contribution in [0.2, 0.25) is 0 Å². The maximum atomic E-state index is 2.72. The maximum absolute atomic E-state index is 2.72. The van der Waals surface area contributed by atoms with Crippen LogP contribution in [0.5, 0.6) is 0 Å². The second-order valence-corrected chi connectivity index (χ2v) is 6.00. The van der Waals surface area contributed by atoms with Gasteiger partial charge in [0, 0.05) is 6.54 Å². The lowest BCUT2D eigenvalue weighted by molar-refractivity contribution is 0.255. The fourth-order valence-corrected chi connectivity index (χ4v) is 3.39. The van der Waals surface area contributed by atoms with E-state index in [-0.39, 0.29) is 0 Å². The first-order valence-electron chi connectivity index (χ1n) is 7.83. The Morgan fingerprint density at radius 2 is 1.65 bits per heavy atom. The molecule has 2 heterocycles. The fraction of sp³-hybridized carbons (Fsp3) is 1.00. The van der Waals surface area contributed by atoms with Gasteiger partial charge in [-0.2, -0.15) is 0 Å². The SMILES string of the molecule is CCCN1CCC(CCN2CCCCCC2)C1. The largest absolute Gasteiger partial charge is 0.303 e. The number of hydrogen-bond acceptors (Lipinski definition) is 2. The quantitative estimate of drug-likeness (QED) is 0.726. The molecule has 0 spiro atoms. The molecule has 0 saturated carbocycles.